The first kappa shape index (κ1) is 15.1. The van der Waals surface area contributed by atoms with E-state index in [0.29, 0.717) is 0 Å². The maximum atomic E-state index is 13.2. The van der Waals surface area contributed by atoms with Crippen LogP contribution in [-0.4, -0.2) is 13.1 Å². The molecule has 20 heavy (non-hydrogen) atoms. The van der Waals surface area contributed by atoms with E-state index < -0.39 is 0 Å². The lowest BCUT2D eigenvalue weighted by Gasteiger charge is -2.17. The molecular formula is C16H16BrF2N. The highest BCUT2D eigenvalue weighted by atomic mass is 79.9. The van der Waals surface area contributed by atoms with E-state index in [2.05, 4.69) is 21.2 Å². The molecule has 0 saturated carbocycles. The molecule has 2 aromatic carbocycles. The molecule has 2 aromatic rings. The Morgan fingerprint density at radius 2 is 1.80 bits per heavy atom. The molecule has 0 aromatic heterocycles. The molecule has 0 spiro atoms. The maximum absolute atomic E-state index is 13.2. The molecule has 1 unspecified atom stereocenters. The van der Waals surface area contributed by atoms with E-state index in [0.717, 1.165) is 28.4 Å². The molecule has 106 valence electrons. The van der Waals surface area contributed by atoms with Gasteiger partial charge >= 0.3 is 0 Å². The van der Waals surface area contributed by atoms with E-state index >= 15 is 0 Å². The summed E-state index contributed by atoms with van der Waals surface area (Å²) in [5.41, 5.74) is 1.98. The van der Waals surface area contributed by atoms with Gasteiger partial charge in [0.2, 0.25) is 0 Å². The zero-order valence-electron chi connectivity index (χ0n) is 11.2. The minimum atomic E-state index is -0.258. The first-order valence-electron chi connectivity index (χ1n) is 6.44. The van der Waals surface area contributed by atoms with Crippen LogP contribution in [0.2, 0.25) is 0 Å². The minimum absolute atomic E-state index is 0.165. The Hall–Kier alpha value is -1.26. The monoisotopic (exact) mass is 339 g/mol. The normalized spacial score (nSPS) is 12.4. The lowest BCUT2D eigenvalue weighted by molar-refractivity contribution is 0.550. The van der Waals surface area contributed by atoms with Crippen molar-refractivity contribution in [3.05, 3.63) is 69.7 Å². The molecule has 0 aliphatic heterocycles. The summed E-state index contributed by atoms with van der Waals surface area (Å²) in [6.07, 6.45) is 1.46. The predicted octanol–water partition coefficient (Wildman–Crippen LogP) is 4.10. The number of benzene rings is 2. The molecule has 2 rings (SSSR count). The molecule has 0 aliphatic rings. The van der Waals surface area contributed by atoms with Gasteiger partial charge in [0.1, 0.15) is 11.6 Å². The molecule has 1 atom stereocenters. The van der Waals surface area contributed by atoms with Gasteiger partial charge in [-0.25, -0.2) is 8.78 Å². The Bertz CT molecular complexity index is 586. The third-order valence-electron chi connectivity index (χ3n) is 3.26. The van der Waals surface area contributed by atoms with Crippen LogP contribution < -0.4 is 5.32 Å². The van der Waals surface area contributed by atoms with Gasteiger partial charge in [-0.1, -0.05) is 34.1 Å². The number of halogens is 3. The quantitative estimate of drug-likeness (QED) is 0.864. The molecule has 0 fully saturated rings. The van der Waals surface area contributed by atoms with Gasteiger partial charge in [-0.05, 0) is 55.3 Å². The topological polar surface area (TPSA) is 12.0 Å². The number of rotatable bonds is 5. The molecular weight excluding hydrogens is 324 g/mol. The minimum Gasteiger partial charge on any atom is -0.316 e. The second kappa shape index (κ2) is 6.95. The van der Waals surface area contributed by atoms with Crippen molar-refractivity contribution < 1.29 is 8.78 Å². The van der Waals surface area contributed by atoms with Gasteiger partial charge in [0.15, 0.2) is 0 Å². The Kier molecular flexibility index (Phi) is 5.26. The molecule has 0 heterocycles. The predicted molar refractivity (Wildman–Crippen MR) is 80.8 cm³/mol. The Balaban J connectivity index is 2.09. The Labute approximate surface area is 126 Å². The van der Waals surface area contributed by atoms with Gasteiger partial charge < -0.3 is 5.32 Å². The Morgan fingerprint density at radius 1 is 1.05 bits per heavy atom. The van der Waals surface area contributed by atoms with Crippen LogP contribution in [0, 0.1) is 11.6 Å². The van der Waals surface area contributed by atoms with E-state index in [1.165, 1.54) is 18.2 Å². The first-order valence-corrected chi connectivity index (χ1v) is 7.23. The molecule has 1 nitrogen and oxygen atoms in total. The SMILES string of the molecule is CNC(Cc1cccc(F)c1)Cc1ccc(F)cc1Br. The lowest BCUT2D eigenvalue weighted by atomic mass is 9.99. The van der Waals surface area contributed by atoms with Crippen LogP contribution in [-0.2, 0) is 12.8 Å². The van der Waals surface area contributed by atoms with Crippen LogP contribution >= 0.6 is 15.9 Å². The average molecular weight is 340 g/mol. The smallest absolute Gasteiger partial charge is 0.124 e. The van der Waals surface area contributed by atoms with Crippen LogP contribution in [0.1, 0.15) is 11.1 Å². The standard InChI is InChI=1S/C16H16BrF2N/c1-20-15(8-11-3-2-4-13(18)7-11)9-12-5-6-14(19)10-16(12)17/h2-7,10,15,20H,8-9H2,1H3. The molecule has 1 N–H and O–H groups in total. The summed E-state index contributed by atoms with van der Waals surface area (Å²) in [7, 11) is 1.88. The zero-order valence-corrected chi connectivity index (χ0v) is 12.8. The van der Waals surface area contributed by atoms with E-state index in [4.69, 9.17) is 0 Å². The van der Waals surface area contributed by atoms with E-state index in [-0.39, 0.29) is 17.7 Å². The summed E-state index contributed by atoms with van der Waals surface area (Å²) in [6, 6.07) is 11.5. The van der Waals surface area contributed by atoms with Crippen LogP contribution in [0.3, 0.4) is 0 Å². The third kappa shape index (κ3) is 4.12. The largest absolute Gasteiger partial charge is 0.316 e. The summed E-state index contributed by atoms with van der Waals surface area (Å²) >= 11 is 3.37. The molecule has 0 radical (unpaired) electrons. The van der Waals surface area contributed by atoms with Gasteiger partial charge in [0.05, 0.1) is 0 Å². The fraction of sp³-hybridized carbons (Fsp3) is 0.250. The summed E-state index contributed by atoms with van der Waals surface area (Å²) in [4.78, 5) is 0. The van der Waals surface area contributed by atoms with Gasteiger partial charge in [0.25, 0.3) is 0 Å². The van der Waals surface area contributed by atoms with Crippen molar-refractivity contribution in [2.24, 2.45) is 0 Å². The number of likely N-dealkylation sites (N-methyl/N-ethyl adjacent to an activating group) is 1. The highest BCUT2D eigenvalue weighted by molar-refractivity contribution is 9.10. The zero-order chi connectivity index (χ0) is 14.5. The number of hydrogen-bond donors (Lipinski definition) is 1. The summed E-state index contributed by atoms with van der Waals surface area (Å²) in [6.45, 7) is 0. The van der Waals surface area contributed by atoms with E-state index in [9.17, 15) is 8.78 Å². The molecule has 0 bridgehead atoms. The molecule has 0 amide bonds. The van der Waals surface area contributed by atoms with Gasteiger partial charge in [0, 0.05) is 10.5 Å². The first-order chi connectivity index (χ1) is 9.58. The van der Waals surface area contributed by atoms with E-state index in [1.54, 1.807) is 18.2 Å². The summed E-state index contributed by atoms with van der Waals surface area (Å²) in [5.74, 6) is -0.480. The fourth-order valence-corrected chi connectivity index (χ4v) is 2.69. The van der Waals surface area contributed by atoms with Crippen LogP contribution in [0.15, 0.2) is 46.9 Å². The Morgan fingerprint density at radius 3 is 2.45 bits per heavy atom. The van der Waals surface area contributed by atoms with Crippen molar-refractivity contribution in [2.75, 3.05) is 7.05 Å². The fourth-order valence-electron chi connectivity index (χ4n) is 2.18. The van der Waals surface area contributed by atoms with Gasteiger partial charge in [-0.3, -0.25) is 0 Å². The highest BCUT2D eigenvalue weighted by Crippen LogP contribution is 2.20. The number of nitrogens with one attached hydrogen (secondary N) is 1. The molecule has 0 saturated heterocycles. The number of hydrogen-bond acceptors (Lipinski definition) is 1. The average Bonchev–Trinajstić information content (AvgIpc) is 2.41. The third-order valence-corrected chi connectivity index (χ3v) is 4.00. The van der Waals surface area contributed by atoms with Crippen molar-refractivity contribution >= 4 is 15.9 Å². The lowest BCUT2D eigenvalue weighted by Crippen LogP contribution is -2.30. The van der Waals surface area contributed by atoms with Crippen molar-refractivity contribution in [1.82, 2.24) is 5.32 Å². The highest BCUT2D eigenvalue weighted by Gasteiger charge is 2.11. The van der Waals surface area contributed by atoms with Crippen molar-refractivity contribution in [1.29, 1.82) is 0 Å². The maximum Gasteiger partial charge on any atom is 0.124 e. The van der Waals surface area contributed by atoms with Crippen LogP contribution in [0.4, 0.5) is 8.78 Å². The second-order valence-corrected chi connectivity index (χ2v) is 5.61. The van der Waals surface area contributed by atoms with Crippen molar-refractivity contribution in [3.8, 4) is 0 Å². The van der Waals surface area contributed by atoms with Crippen molar-refractivity contribution in [3.63, 3.8) is 0 Å². The summed E-state index contributed by atoms with van der Waals surface area (Å²) in [5, 5.41) is 3.22. The molecule has 4 heteroatoms. The van der Waals surface area contributed by atoms with Gasteiger partial charge in [-0.15, -0.1) is 0 Å². The van der Waals surface area contributed by atoms with Crippen molar-refractivity contribution in [2.45, 2.75) is 18.9 Å². The summed E-state index contributed by atoms with van der Waals surface area (Å²) < 4.78 is 27.0. The van der Waals surface area contributed by atoms with Crippen LogP contribution in [0.25, 0.3) is 0 Å². The second-order valence-electron chi connectivity index (χ2n) is 4.76. The van der Waals surface area contributed by atoms with Gasteiger partial charge in [-0.2, -0.15) is 0 Å². The van der Waals surface area contributed by atoms with E-state index in [1.807, 2.05) is 13.1 Å². The van der Waals surface area contributed by atoms with Crippen LogP contribution in [0.5, 0.6) is 0 Å². The molecule has 0 aliphatic carbocycles.